The SMILES string of the molecule is CCOC(=O)c1ccc(NC(=O)CSc2nnc3c4cc(-c5ccc(F)cc5)nn4ccn23)cc1. The van der Waals surface area contributed by atoms with E-state index in [1.165, 1.54) is 23.9 Å². The van der Waals surface area contributed by atoms with Crippen molar-refractivity contribution in [1.82, 2.24) is 24.2 Å². The van der Waals surface area contributed by atoms with Crippen LogP contribution in [-0.2, 0) is 9.53 Å². The molecule has 0 aliphatic carbocycles. The molecule has 11 heteroatoms. The zero-order valence-corrected chi connectivity index (χ0v) is 19.3. The van der Waals surface area contributed by atoms with Crippen LogP contribution in [0.1, 0.15) is 17.3 Å². The smallest absolute Gasteiger partial charge is 0.338 e. The maximum absolute atomic E-state index is 13.2. The summed E-state index contributed by atoms with van der Waals surface area (Å²) >= 11 is 1.24. The Labute approximate surface area is 202 Å². The van der Waals surface area contributed by atoms with Crippen molar-refractivity contribution in [2.24, 2.45) is 0 Å². The van der Waals surface area contributed by atoms with Crippen LogP contribution in [0.3, 0.4) is 0 Å². The topological polar surface area (TPSA) is 103 Å². The second-order valence-electron chi connectivity index (χ2n) is 7.48. The predicted octanol–water partition coefficient (Wildman–Crippen LogP) is 4.09. The van der Waals surface area contributed by atoms with Gasteiger partial charge in [-0.15, -0.1) is 10.2 Å². The zero-order valence-electron chi connectivity index (χ0n) is 18.5. The van der Waals surface area contributed by atoms with Gasteiger partial charge >= 0.3 is 5.97 Å². The van der Waals surface area contributed by atoms with E-state index in [-0.39, 0.29) is 17.5 Å². The van der Waals surface area contributed by atoms with E-state index >= 15 is 0 Å². The molecule has 0 spiro atoms. The molecule has 1 N–H and O–H groups in total. The first-order chi connectivity index (χ1) is 17.0. The number of aromatic nitrogens is 5. The van der Waals surface area contributed by atoms with Crippen molar-refractivity contribution in [3.8, 4) is 11.3 Å². The number of nitrogens with one attached hydrogen (secondary N) is 1. The third-order valence-electron chi connectivity index (χ3n) is 5.14. The molecule has 3 aromatic heterocycles. The van der Waals surface area contributed by atoms with Crippen molar-refractivity contribution in [2.45, 2.75) is 12.1 Å². The van der Waals surface area contributed by atoms with E-state index in [2.05, 4.69) is 20.6 Å². The fourth-order valence-electron chi connectivity index (χ4n) is 3.48. The molecule has 0 radical (unpaired) electrons. The van der Waals surface area contributed by atoms with E-state index in [1.807, 2.05) is 6.07 Å². The van der Waals surface area contributed by atoms with Gasteiger partial charge in [0.25, 0.3) is 0 Å². The van der Waals surface area contributed by atoms with Crippen molar-refractivity contribution in [3.63, 3.8) is 0 Å². The summed E-state index contributed by atoms with van der Waals surface area (Å²) in [6.45, 7) is 2.04. The van der Waals surface area contributed by atoms with Crippen LogP contribution in [0.2, 0.25) is 0 Å². The molecule has 3 heterocycles. The number of amides is 1. The van der Waals surface area contributed by atoms with E-state index < -0.39 is 5.97 Å². The predicted molar refractivity (Wildman–Crippen MR) is 129 cm³/mol. The van der Waals surface area contributed by atoms with Crippen LogP contribution in [0.5, 0.6) is 0 Å². The Morgan fingerprint density at radius 2 is 1.83 bits per heavy atom. The van der Waals surface area contributed by atoms with Gasteiger partial charge in [0.05, 0.1) is 23.6 Å². The number of esters is 1. The highest BCUT2D eigenvalue weighted by atomic mass is 32.2. The Balaban J connectivity index is 1.28. The van der Waals surface area contributed by atoms with Crippen LogP contribution in [-0.4, -0.2) is 48.4 Å². The minimum absolute atomic E-state index is 0.117. The number of ether oxygens (including phenoxy) is 1. The average molecular weight is 491 g/mol. The molecule has 5 rings (SSSR count). The number of carbonyl (C=O) groups excluding carboxylic acids is 2. The minimum Gasteiger partial charge on any atom is -0.462 e. The molecule has 1 amide bonds. The lowest BCUT2D eigenvalue weighted by Crippen LogP contribution is -2.14. The quantitative estimate of drug-likeness (QED) is 0.271. The molecule has 0 atom stereocenters. The monoisotopic (exact) mass is 490 g/mol. The van der Waals surface area contributed by atoms with E-state index in [0.29, 0.717) is 34.4 Å². The van der Waals surface area contributed by atoms with Crippen LogP contribution in [0.4, 0.5) is 10.1 Å². The minimum atomic E-state index is -0.406. The Kier molecular flexibility index (Phi) is 6.15. The third-order valence-corrected chi connectivity index (χ3v) is 6.08. The highest BCUT2D eigenvalue weighted by Crippen LogP contribution is 2.24. The Hall–Kier alpha value is -4.25. The summed E-state index contributed by atoms with van der Waals surface area (Å²) in [5, 5.41) is 16.4. The summed E-state index contributed by atoms with van der Waals surface area (Å²) in [6, 6.07) is 14.5. The molecule has 176 valence electrons. The summed E-state index contributed by atoms with van der Waals surface area (Å²) in [5.41, 5.74) is 3.79. The Bertz CT molecular complexity index is 1530. The largest absolute Gasteiger partial charge is 0.462 e. The molecule has 0 saturated heterocycles. The van der Waals surface area contributed by atoms with Crippen LogP contribution in [0.15, 0.2) is 72.1 Å². The van der Waals surface area contributed by atoms with E-state index in [9.17, 15) is 14.0 Å². The molecular weight excluding hydrogens is 471 g/mol. The molecule has 35 heavy (non-hydrogen) atoms. The van der Waals surface area contributed by atoms with Crippen LogP contribution in [0, 0.1) is 5.82 Å². The summed E-state index contributed by atoms with van der Waals surface area (Å²) < 4.78 is 21.7. The maximum atomic E-state index is 13.2. The normalized spacial score (nSPS) is 11.1. The fourth-order valence-corrected chi connectivity index (χ4v) is 4.20. The third kappa shape index (κ3) is 4.71. The van der Waals surface area contributed by atoms with Crippen LogP contribution in [0.25, 0.3) is 22.4 Å². The first-order valence-electron chi connectivity index (χ1n) is 10.7. The molecule has 9 nitrogen and oxygen atoms in total. The van der Waals surface area contributed by atoms with Gasteiger partial charge in [-0.05, 0) is 61.5 Å². The molecule has 0 fully saturated rings. The molecule has 2 aromatic carbocycles. The lowest BCUT2D eigenvalue weighted by Gasteiger charge is -2.06. The lowest BCUT2D eigenvalue weighted by molar-refractivity contribution is -0.113. The molecule has 0 aliphatic heterocycles. The second kappa shape index (κ2) is 9.55. The number of nitrogens with zero attached hydrogens (tertiary/aromatic N) is 5. The van der Waals surface area contributed by atoms with Gasteiger partial charge in [-0.3, -0.25) is 9.20 Å². The fraction of sp³-hybridized carbons (Fsp3) is 0.125. The van der Waals surface area contributed by atoms with Crippen molar-refractivity contribution in [1.29, 1.82) is 0 Å². The number of halogens is 1. The highest BCUT2D eigenvalue weighted by Gasteiger charge is 2.14. The lowest BCUT2D eigenvalue weighted by atomic mass is 10.1. The first kappa shape index (κ1) is 22.5. The summed E-state index contributed by atoms with van der Waals surface area (Å²) in [5.74, 6) is -0.820. The van der Waals surface area contributed by atoms with Gasteiger partial charge in [-0.1, -0.05) is 11.8 Å². The van der Waals surface area contributed by atoms with E-state index in [4.69, 9.17) is 4.74 Å². The number of fused-ring (bicyclic) bond motifs is 3. The molecule has 0 aliphatic rings. The van der Waals surface area contributed by atoms with Crippen molar-refractivity contribution >= 4 is 40.5 Å². The molecular formula is C24H19FN6O3S. The summed E-state index contributed by atoms with van der Waals surface area (Å²) in [6.07, 6.45) is 3.55. The number of hydrogen-bond acceptors (Lipinski definition) is 7. The first-order valence-corrected chi connectivity index (χ1v) is 11.7. The van der Waals surface area contributed by atoms with Gasteiger partial charge in [0.1, 0.15) is 11.3 Å². The van der Waals surface area contributed by atoms with Crippen LogP contribution < -0.4 is 5.32 Å². The average Bonchev–Trinajstić information content (AvgIpc) is 3.48. The number of benzene rings is 2. The van der Waals surface area contributed by atoms with Gasteiger partial charge < -0.3 is 10.1 Å². The van der Waals surface area contributed by atoms with Crippen molar-refractivity contribution < 1.29 is 18.7 Å². The van der Waals surface area contributed by atoms with E-state index in [1.54, 1.807) is 64.6 Å². The highest BCUT2D eigenvalue weighted by molar-refractivity contribution is 7.99. The summed E-state index contributed by atoms with van der Waals surface area (Å²) in [4.78, 5) is 24.2. The standard InChI is InChI=1S/C24H19FN6O3S/c1-2-34-23(33)16-5-9-18(10-6-16)26-21(32)14-35-24-28-27-22-20-13-19(15-3-7-17(25)8-4-15)29-31(20)12-11-30(22)24/h3-13H,2,14H2,1H3,(H,26,32). The maximum Gasteiger partial charge on any atom is 0.338 e. The van der Waals surface area contributed by atoms with Gasteiger partial charge in [0, 0.05) is 23.6 Å². The second-order valence-corrected chi connectivity index (χ2v) is 8.42. The number of thioether (sulfide) groups is 1. The van der Waals surface area contributed by atoms with E-state index in [0.717, 1.165) is 11.1 Å². The number of carbonyl (C=O) groups is 2. The van der Waals surface area contributed by atoms with Crippen molar-refractivity contribution in [3.05, 3.63) is 78.4 Å². The molecule has 5 aromatic rings. The number of hydrogen-bond donors (Lipinski definition) is 1. The van der Waals surface area contributed by atoms with Crippen LogP contribution >= 0.6 is 11.8 Å². The van der Waals surface area contributed by atoms with Gasteiger partial charge in [-0.25, -0.2) is 13.7 Å². The zero-order chi connectivity index (χ0) is 24.4. The molecule has 0 saturated carbocycles. The van der Waals surface area contributed by atoms with Gasteiger partial charge in [0.2, 0.25) is 5.91 Å². The Morgan fingerprint density at radius 1 is 1.06 bits per heavy atom. The number of anilines is 1. The molecule has 0 bridgehead atoms. The summed E-state index contributed by atoms with van der Waals surface area (Å²) in [7, 11) is 0. The number of rotatable bonds is 7. The van der Waals surface area contributed by atoms with Gasteiger partial charge in [-0.2, -0.15) is 5.10 Å². The molecule has 0 unspecified atom stereocenters. The Morgan fingerprint density at radius 3 is 2.57 bits per heavy atom. The van der Waals surface area contributed by atoms with Gasteiger partial charge in [0.15, 0.2) is 10.8 Å². The van der Waals surface area contributed by atoms with Crippen molar-refractivity contribution in [2.75, 3.05) is 17.7 Å².